The van der Waals surface area contributed by atoms with Crippen molar-refractivity contribution in [3.63, 3.8) is 0 Å². The maximum absolute atomic E-state index is 12.7. The molecule has 0 radical (unpaired) electrons. The van der Waals surface area contributed by atoms with Gasteiger partial charge in [-0.05, 0) is 53.5 Å². The molecule has 5 rings (SSSR count). The number of imidazole rings is 1. The van der Waals surface area contributed by atoms with Crippen LogP contribution in [0.15, 0.2) is 85.2 Å². The summed E-state index contributed by atoms with van der Waals surface area (Å²) in [6.45, 7) is 6.15. The van der Waals surface area contributed by atoms with Crippen molar-refractivity contribution in [3.05, 3.63) is 108 Å². The van der Waals surface area contributed by atoms with E-state index in [0.29, 0.717) is 24.6 Å². The molecule has 0 amide bonds. The Morgan fingerprint density at radius 2 is 1.56 bits per heavy atom. The smallest absolute Gasteiger partial charge is 0.357 e. The van der Waals surface area contributed by atoms with Crippen LogP contribution in [-0.4, -0.2) is 47.4 Å². The van der Waals surface area contributed by atoms with E-state index in [2.05, 4.69) is 26.6 Å². The molecule has 0 unspecified atom stereocenters. The fraction of sp³-hybridized carbons (Fsp3) is 0.233. The van der Waals surface area contributed by atoms with E-state index in [0.717, 1.165) is 27.8 Å². The molecular weight excluding hydrogens is 492 g/mol. The van der Waals surface area contributed by atoms with Crippen LogP contribution in [0, 0.1) is 0 Å². The van der Waals surface area contributed by atoms with Crippen molar-refractivity contribution in [1.82, 2.24) is 29.8 Å². The van der Waals surface area contributed by atoms with Gasteiger partial charge in [-0.3, -0.25) is 0 Å². The second-order valence-corrected chi connectivity index (χ2v) is 9.74. The molecule has 0 fully saturated rings. The van der Waals surface area contributed by atoms with E-state index in [1.807, 2.05) is 72.8 Å². The number of esters is 1. The van der Waals surface area contributed by atoms with Crippen LogP contribution in [0.3, 0.4) is 0 Å². The Balaban J connectivity index is 1.43. The number of carbonyl (C=O) groups excluding carboxylic acids is 1. The lowest BCUT2D eigenvalue weighted by Gasteiger charge is -2.17. The summed E-state index contributed by atoms with van der Waals surface area (Å²) in [5.41, 5.74) is 4.29. The van der Waals surface area contributed by atoms with Crippen molar-refractivity contribution in [2.45, 2.75) is 39.5 Å². The zero-order valence-corrected chi connectivity index (χ0v) is 22.2. The summed E-state index contributed by atoms with van der Waals surface area (Å²) in [5.74, 6) is 0.182. The van der Waals surface area contributed by atoms with Crippen molar-refractivity contribution < 1.29 is 14.6 Å². The molecule has 0 aliphatic rings. The first-order chi connectivity index (χ1) is 18.8. The van der Waals surface area contributed by atoms with Crippen molar-refractivity contribution in [3.8, 4) is 22.5 Å². The largest absolute Gasteiger partial charge is 0.461 e. The molecule has 0 saturated heterocycles. The van der Waals surface area contributed by atoms with E-state index in [4.69, 9.17) is 4.74 Å². The number of rotatable bonds is 9. The lowest BCUT2D eigenvalue weighted by molar-refractivity contribution is 0.0469. The average molecular weight is 523 g/mol. The predicted octanol–water partition coefficient (Wildman–Crippen LogP) is 4.70. The number of ether oxygens (including phenoxy) is 1. The maximum atomic E-state index is 12.7. The third kappa shape index (κ3) is 5.63. The van der Waals surface area contributed by atoms with E-state index in [9.17, 15) is 9.90 Å². The van der Waals surface area contributed by atoms with Crippen molar-refractivity contribution >= 4 is 5.97 Å². The monoisotopic (exact) mass is 522 g/mol. The second kappa shape index (κ2) is 11.0. The predicted molar refractivity (Wildman–Crippen MR) is 147 cm³/mol. The van der Waals surface area contributed by atoms with Crippen molar-refractivity contribution in [2.75, 3.05) is 6.61 Å². The molecular formula is C30H30N6O3. The van der Waals surface area contributed by atoms with Crippen LogP contribution in [0.4, 0.5) is 0 Å². The van der Waals surface area contributed by atoms with Gasteiger partial charge in [0.25, 0.3) is 0 Å². The number of tetrazole rings is 1. The van der Waals surface area contributed by atoms with Crippen LogP contribution in [0.25, 0.3) is 22.5 Å². The van der Waals surface area contributed by atoms with Crippen LogP contribution < -0.4 is 0 Å². The van der Waals surface area contributed by atoms with Gasteiger partial charge < -0.3 is 14.4 Å². The van der Waals surface area contributed by atoms with E-state index in [-0.39, 0.29) is 12.3 Å². The summed E-state index contributed by atoms with van der Waals surface area (Å²) in [7, 11) is 0. The van der Waals surface area contributed by atoms with Gasteiger partial charge in [-0.15, -0.1) is 5.10 Å². The molecule has 0 aliphatic carbocycles. The fourth-order valence-electron chi connectivity index (χ4n) is 4.54. The number of hydrogen-bond donors (Lipinski definition) is 1. The average Bonchev–Trinajstić information content (AvgIpc) is 3.57. The highest BCUT2D eigenvalue weighted by Crippen LogP contribution is 2.31. The number of carbonyl (C=O) groups is 1. The van der Waals surface area contributed by atoms with Crippen LogP contribution in [-0.2, 0) is 23.4 Å². The normalized spacial score (nSPS) is 11.5. The molecule has 39 heavy (non-hydrogen) atoms. The van der Waals surface area contributed by atoms with Crippen LogP contribution in [0.5, 0.6) is 0 Å². The Labute approximate surface area is 226 Å². The van der Waals surface area contributed by atoms with Gasteiger partial charge in [-0.25, -0.2) is 14.5 Å². The first-order valence-electron chi connectivity index (χ1n) is 12.8. The zero-order valence-electron chi connectivity index (χ0n) is 22.2. The molecule has 0 atom stereocenters. The molecule has 9 heteroatoms. The number of aliphatic hydroxyl groups is 1. The van der Waals surface area contributed by atoms with Gasteiger partial charge in [0.05, 0.1) is 19.5 Å². The minimum atomic E-state index is -1.28. The molecule has 0 bridgehead atoms. The number of nitrogens with zero attached hydrogens (tertiary/aromatic N) is 6. The van der Waals surface area contributed by atoms with E-state index in [1.54, 1.807) is 36.3 Å². The number of benzene rings is 3. The van der Waals surface area contributed by atoms with Gasteiger partial charge >= 0.3 is 5.97 Å². The zero-order chi connectivity index (χ0) is 27.4. The van der Waals surface area contributed by atoms with Gasteiger partial charge in [0.15, 0.2) is 11.5 Å². The molecule has 5 aromatic rings. The van der Waals surface area contributed by atoms with E-state index >= 15 is 0 Å². The first kappa shape index (κ1) is 26.0. The van der Waals surface area contributed by atoms with Gasteiger partial charge in [0.2, 0.25) is 0 Å². The fourth-order valence-corrected chi connectivity index (χ4v) is 4.54. The van der Waals surface area contributed by atoms with Gasteiger partial charge in [-0.2, -0.15) is 0 Å². The topological polar surface area (TPSA) is 108 Å². The summed E-state index contributed by atoms with van der Waals surface area (Å²) in [6, 6.07) is 26.2. The quantitative estimate of drug-likeness (QED) is 0.280. The molecule has 3 aromatic carbocycles. The van der Waals surface area contributed by atoms with Crippen LogP contribution in [0.2, 0.25) is 0 Å². The minimum absolute atomic E-state index is 0.234. The minimum Gasteiger partial charge on any atom is -0.461 e. The summed E-state index contributed by atoms with van der Waals surface area (Å²) < 4.78 is 8.76. The number of hydrogen-bond acceptors (Lipinski definition) is 7. The Kier molecular flexibility index (Phi) is 7.33. The third-order valence-electron chi connectivity index (χ3n) is 6.38. The number of aromatic nitrogens is 6. The molecule has 198 valence electrons. The van der Waals surface area contributed by atoms with E-state index < -0.39 is 11.6 Å². The van der Waals surface area contributed by atoms with Gasteiger partial charge in [-0.1, -0.05) is 78.9 Å². The summed E-state index contributed by atoms with van der Waals surface area (Å²) in [5, 5.41) is 23.0. The van der Waals surface area contributed by atoms with Gasteiger partial charge in [0.1, 0.15) is 11.3 Å². The SMILES string of the molecule is CCOC(=O)c1c(C(C)(C)O)ncn1Cc1ccc(-c2ccccc2-c2nnnn2Cc2ccccc2)cc1. The highest BCUT2D eigenvalue weighted by molar-refractivity contribution is 5.89. The highest BCUT2D eigenvalue weighted by atomic mass is 16.5. The Bertz CT molecular complexity index is 1570. The Morgan fingerprint density at radius 1 is 0.897 bits per heavy atom. The molecule has 2 aromatic heterocycles. The van der Waals surface area contributed by atoms with Crippen molar-refractivity contribution in [2.24, 2.45) is 0 Å². The summed E-state index contributed by atoms with van der Waals surface area (Å²) >= 11 is 0. The molecule has 9 nitrogen and oxygen atoms in total. The highest BCUT2D eigenvalue weighted by Gasteiger charge is 2.30. The molecule has 0 spiro atoms. The first-order valence-corrected chi connectivity index (χ1v) is 12.8. The third-order valence-corrected chi connectivity index (χ3v) is 6.38. The standard InChI is InChI=1S/C30H30N6O3/c1-4-39-29(37)26-27(30(2,3)38)31-20-35(26)18-22-14-16-23(17-15-22)24-12-8-9-13-25(24)28-32-33-34-36(28)19-21-10-6-5-7-11-21/h5-17,20,38H,4,18-19H2,1-3H3. The molecule has 1 N–H and O–H groups in total. The Morgan fingerprint density at radius 3 is 2.26 bits per heavy atom. The van der Waals surface area contributed by atoms with Crippen LogP contribution >= 0.6 is 0 Å². The van der Waals surface area contributed by atoms with Gasteiger partial charge in [0, 0.05) is 12.1 Å². The lowest BCUT2D eigenvalue weighted by Crippen LogP contribution is -2.23. The molecule has 2 heterocycles. The molecule has 0 aliphatic heterocycles. The summed E-state index contributed by atoms with van der Waals surface area (Å²) in [4.78, 5) is 17.0. The Hall–Kier alpha value is -4.63. The van der Waals surface area contributed by atoms with Crippen LogP contribution in [0.1, 0.15) is 48.1 Å². The second-order valence-electron chi connectivity index (χ2n) is 9.74. The maximum Gasteiger partial charge on any atom is 0.357 e. The molecule has 0 saturated carbocycles. The summed E-state index contributed by atoms with van der Waals surface area (Å²) in [6.07, 6.45) is 1.56. The van der Waals surface area contributed by atoms with Crippen molar-refractivity contribution in [1.29, 1.82) is 0 Å². The lowest BCUT2D eigenvalue weighted by atomic mass is 9.98. The van der Waals surface area contributed by atoms with E-state index in [1.165, 1.54) is 0 Å².